The molecule has 0 heterocycles. The number of fused-ring (bicyclic) bond motifs is 1. The van der Waals surface area contributed by atoms with E-state index in [9.17, 15) is 0 Å². The van der Waals surface area contributed by atoms with E-state index < -0.39 is 0 Å². The minimum absolute atomic E-state index is 0.520. The van der Waals surface area contributed by atoms with Crippen LogP contribution in [-0.4, -0.2) is 30.6 Å². The van der Waals surface area contributed by atoms with Gasteiger partial charge in [0.05, 0.1) is 0 Å². The van der Waals surface area contributed by atoms with Crippen molar-refractivity contribution in [2.75, 3.05) is 13.6 Å². The molecule has 2 unspecified atom stereocenters. The smallest absolute Gasteiger partial charge is 0.0484 e. The first kappa shape index (κ1) is 13.1. The molecule has 1 saturated carbocycles. The molecule has 3 rings (SSSR count). The molecule has 2 aliphatic carbocycles. The quantitative estimate of drug-likeness (QED) is 0.892. The first-order valence-corrected chi connectivity index (χ1v) is 7.84. The summed E-state index contributed by atoms with van der Waals surface area (Å²) in [7, 11) is 2.34. The Kier molecular flexibility index (Phi) is 3.90. The van der Waals surface area contributed by atoms with Crippen LogP contribution in [0.3, 0.4) is 0 Å². The van der Waals surface area contributed by atoms with Crippen LogP contribution >= 0.6 is 0 Å². The van der Waals surface area contributed by atoms with E-state index >= 15 is 0 Å². The molecule has 2 atom stereocenters. The fraction of sp³-hybridized carbons (Fsp3) is 0.647. The number of nitrogens with zero attached hydrogens (tertiary/aromatic N) is 1. The number of hydrogen-bond acceptors (Lipinski definition) is 2. The second kappa shape index (κ2) is 5.64. The van der Waals surface area contributed by atoms with Crippen molar-refractivity contribution in [1.82, 2.24) is 10.2 Å². The third-order valence-corrected chi connectivity index (χ3v) is 5.05. The van der Waals surface area contributed by atoms with Crippen LogP contribution in [-0.2, 0) is 6.42 Å². The van der Waals surface area contributed by atoms with Gasteiger partial charge < -0.3 is 5.32 Å². The monoisotopic (exact) mass is 258 g/mol. The summed E-state index contributed by atoms with van der Waals surface area (Å²) < 4.78 is 0. The van der Waals surface area contributed by atoms with Crippen LogP contribution in [0.15, 0.2) is 24.3 Å². The largest absolute Gasteiger partial charge is 0.309 e. The summed E-state index contributed by atoms with van der Waals surface area (Å²) in [5, 5.41) is 3.71. The van der Waals surface area contributed by atoms with Crippen molar-refractivity contribution in [2.45, 2.75) is 57.2 Å². The van der Waals surface area contributed by atoms with Crippen molar-refractivity contribution in [3.63, 3.8) is 0 Å². The molecule has 0 bridgehead atoms. The molecule has 1 aromatic carbocycles. The maximum absolute atomic E-state index is 3.71. The Bertz CT molecular complexity index is 423. The van der Waals surface area contributed by atoms with Gasteiger partial charge in [-0.2, -0.15) is 0 Å². The van der Waals surface area contributed by atoms with Crippen molar-refractivity contribution in [3.05, 3.63) is 35.4 Å². The molecule has 1 N–H and O–H groups in total. The highest BCUT2D eigenvalue weighted by Crippen LogP contribution is 2.36. The van der Waals surface area contributed by atoms with E-state index in [2.05, 4.69) is 48.5 Å². The lowest BCUT2D eigenvalue weighted by atomic mass is 10.0. The van der Waals surface area contributed by atoms with Gasteiger partial charge in [0, 0.05) is 18.1 Å². The van der Waals surface area contributed by atoms with Crippen molar-refractivity contribution >= 4 is 0 Å². The molecule has 2 aliphatic rings. The van der Waals surface area contributed by atoms with Crippen molar-refractivity contribution in [1.29, 1.82) is 0 Å². The Morgan fingerprint density at radius 2 is 1.95 bits per heavy atom. The van der Waals surface area contributed by atoms with Gasteiger partial charge in [0.1, 0.15) is 0 Å². The molecule has 0 spiro atoms. The lowest BCUT2D eigenvalue weighted by Crippen LogP contribution is -2.45. The zero-order valence-corrected chi connectivity index (χ0v) is 12.2. The summed E-state index contributed by atoms with van der Waals surface area (Å²) in [5.74, 6) is 0. The zero-order chi connectivity index (χ0) is 13.2. The van der Waals surface area contributed by atoms with E-state index in [-0.39, 0.29) is 0 Å². The maximum Gasteiger partial charge on any atom is 0.0484 e. The Labute approximate surface area is 117 Å². The van der Waals surface area contributed by atoms with Gasteiger partial charge in [-0.25, -0.2) is 0 Å². The van der Waals surface area contributed by atoms with Crippen molar-refractivity contribution in [2.24, 2.45) is 0 Å². The van der Waals surface area contributed by atoms with Crippen LogP contribution in [0, 0.1) is 0 Å². The third-order valence-electron chi connectivity index (χ3n) is 5.05. The van der Waals surface area contributed by atoms with E-state index in [1.165, 1.54) is 37.7 Å². The van der Waals surface area contributed by atoms with Crippen LogP contribution < -0.4 is 5.32 Å². The number of rotatable bonds is 4. The number of hydrogen-bond donors (Lipinski definition) is 1. The first-order chi connectivity index (χ1) is 9.31. The molecule has 0 amide bonds. The van der Waals surface area contributed by atoms with Gasteiger partial charge in [-0.1, -0.05) is 44.0 Å². The highest BCUT2D eigenvalue weighted by molar-refractivity contribution is 5.37. The van der Waals surface area contributed by atoms with E-state index in [0.29, 0.717) is 12.1 Å². The molecule has 0 aliphatic heterocycles. The number of nitrogens with one attached hydrogen (secondary N) is 1. The predicted octanol–water partition coefficient (Wildman–Crippen LogP) is 3.14. The molecule has 0 radical (unpaired) electrons. The van der Waals surface area contributed by atoms with E-state index in [1.807, 2.05) is 0 Å². The fourth-order valence-corrected chi connectivity index (χ4v) is 4.00. The number of benzene rings is 1. The van der Waals surface area contributed by atoms with Gasteiger partial charge in [0.2, 0.25) is 0 Å². The predicted molar refractivity (Wildman–Crippen MR) is 80.4 cm³/mol. The molecule has 2 heteroatoms. The highest BCUT2D eigenvalue weighted by atomic mass is 15.2. The van der Waals surface area contributed by atoms with Crippen molar-refractivity contribution < 1.29 is 0 Å². The normalized spacial score (nSPS) is 27.1. The van der Waals surface area contributed by atoms with Crippen molar-refractivity contribution in [3.8, 4) is 0 Å². The summed E-state index contributed by atoms with van der Waals surface area (Å²) >= 11 is 0. The summed E-state index contributed by atoms with van der Waals surface area (Å²) in [6, 6.07) is 10.9. The van der Waals surface area contributed by atoms with Crippen LogP contribution in [0.2, 0.25) is 0 Å². The summed E-state index contributed by atoms with van der Waals surface area (Å²) in [5.41, 5.74) is 3.07. The molecule has 0 saturated heterocycles. The average Bonchev–Trinajstić information content (AvgIpc) is 3.06. The van der Waals surface area contributed by atoms with Crippen LogP contribution in [0.1, 0.15) is 49.8 Å². The average molecular weight is 258 g/mol. The van der Waals surface area contributed by atoms with Gasteiger partial charge in [-0.05, 0) is 44.0 Å². The standard InChI is InChI=1S/C17H26N2/c1-3-18-17-15-11-7-4-8-13(15)12-16(17)19(2)14-9-5-6-10-14/h4,7-8,11,14,16-18H,3,5-6,9-10,12H2,1-2H3. The molecule has 19 heavy (non-hydrogen) atoms. The van der Waals surface area contributed by atoms with Crippen LogP contribution in [0.5, 0.6) is 0 Å². The lowest BCUT2D eigenvalue weighted by molar-refractivity contribution is 0.148. The SMILES string of the molecule is CCNC1c2ccccc2CC1N(C)C1CCCC1. The first-order valence-electron chi connectivity index (χ1n) is 7.84. The van der Waals surface area contributed by atoms with E-state index in [4.69, 9.17) is 0 Å². The Balaban J connectivity index is 1.81. The molecular formula is C17H26N2. The van der Waals surface area contributed by atoms with E-state index in [1.54, 1.807) is 5.56 Å². The molecule has 2 nitrogen and oxygen atoms in total. The van der Waals surface area contributed by atoms with Gasteiger partial charge in [0.25, 0.3) is 0 Å². The molecule has 0 aromatic heterocycles. The minimum atomic E-state index is 0.520. The highest BCUT2D eigenvalue weighted by Gasteiger charge is 2.37. The van der Waals surface area contributed by atoms with Crippen LogP contribution in [0.25, 0.3) is 0 Å². The molecule has 1 aromatic rings. The Hall–Kier alpha value is -0.860. The summed E-state index contributed by atoms with van der Waals surface area (Å²) in [6.45, 7) is 3.27. The third kappa shape index (κ3) is 2.44. The lowest BCUT2D eigenvalue weighted by Gasteiger charge is -2.35. The number of likely N-dealkylation sites (N-methyl/N-ethyl adjacent to an activating group) is 2. The van der Waals surface area contributed by atoms with Crippen LogP contribution in [0.4, 0.5) is 0 Å². The molecular weight excluding hydrogens is 232 g/mol. The Morgan fingerprint density at radius 1 is 1.21 bits per heavy atom. The van der Waals surface area contributed by atoms with E-state index in [0.717, 1.165) is 12.6 Å². The zero-order valence-electron chi connectivity index (χ0n) is 12.2. The van der Waals surface area contributed by atoms with Gasteiger partial charge in [0.15, 0.2) is 0 Å². The second-order valence-electron chi connectivity index (χ2n) is 6.11. The summed E-state index contributed by atoms with van der Waals surface area (Å²) in [6.07, 6.45) is 6.83. The van der Waals surface area contributed by atoms with Gasteiger partial charge in [-0.15, -0.1) is 0 Å². The molecule has 1 fully saturated rings. The van der Waals surface area contributed by atoms with Gasteiger partial charge in [-0.3, -0.25) is 4.90 Å². The maximum atomic E-state index is 3.71. The fourth-order valence-electron chi connectivity index (χ4n) is 4.00. The minimum Gasteiger partial charge on any atom is -0.309 e. The summed E-state index contributed by atoms with van der Waals surface area (Å²) in [4.78, 5) is 2.67. The second-order valence-corrected chi connectivity index (χ2v) is 6.11. The Morgan fingerprint density at radius 3 is 2.68 bits per heavy atom. The molecule has 104 valence electrons. The topological polar surface area (TPSA) is 15.3 Å². The van der Waals surface area contributed by atoms with Gasteiger partial charge >= 0.3 is 0 Å².